The summed E-state index contributed by atoms with van der Waals surface area (Å²) in [5.41, 5.74) is 8.74. The minimum atomic E-state index is -0.660. The molecule has 1 aliphatic heterocycles. The molecular formula is C65H97ClN18O10. The highest BCUT2D eigenvalue weighted by Gasteiger charge is 2.21. The van der Waals surface area contributed by atoms with Crippen LogP contribution in [0, 0.1) is 0 Å². The number of amides is 2. The second-order valence-corrected chi connectivity index (χ2v) is 23.4. The molecule has 4 aliphatic rings. The predicted molar refractivity (Wildman–Crippen MR) is 353 cm³/mol. The lowest BCUT2D eigenvalue weighted by molar-refractivity contribution is 0.0857. The summed E-state index contributed by atoms with van der Waals surface area (Å²) in [4.78, 5) is 68.7. The molecule has 4 N–H and O–H groups in total. The van der Waals surface area contributed by atoms with Crippen molar-refractivity contribution in [2.24, 2.45) is 0 Å². The van der Waals surface area contributed by atoms with E-state index in [1.807, 2.05) is 39.0 Å². The summed E-state index contributed by atoms with van der Waals surface area (Å²) in [7, 11) is 0. The van der Waals surface area contributed by atoms with Crippen LogP contribution in [0.15, 0.2) is 55.0 Å². The summed E-state index contributed by atoms with van der Waals surface area (Å²) in [6.45, 7) is 9.57. The highest BCUT2D eigenvalue weighted by atomic mass is 35.5. The summed E-state index contributed by atoms with van der Waals surface area (Å²) in [5, 5.41) is 53.1. The number of ketones is 3. The Hall–Kier alpha value is -8.27. The number of nitrogens with one attached hydrogen (secondary N) is 2. The van der Waals surface area contributed by atoms with Crippen LogP contribution < -0.4 is 16.4 Å². The van der Waals surface area contributed by atoms with Gasteiger partial charge in [0.05, 0.1) is 35.7 Å². The zero-order valence-electron chi connectivity index (χ0n) is 54.2. The molecule has 514 valence electrons. The first kappa shape index (κ1) is 76.4. The van der Waals surface area contributed by atoms with E-state index in [4.69, 9.17) is 36.3 Å². The van der Waals surface area contributed by atoms with Gasteiger partial charge in [0.1, 0.15) is 41.2 Å². The third kappa shape index (κ3) is 30.7. The summed E-state index contributed by atoms with van der Waals surface area (Å²) >= 11 is 5.05. The highest BCUT2D eigenvalue weighted by Crippen LogP contribution is 2.23. The number of Topliss-reactive ketones (excluding diaryl/α,β-unsaturated/α-hetero) is 3. The number of nitrogens with two attached hydrogens (primary N) is 1. The number of ether oxygens (including phenoxy) is 4. The van der Waals surface area contributed by atoms with Gasteiger partial charge in [-0.3, -0.25) is 39.1 Å². The Morgan fingerprint density at radius 2 is 0.798 bits per heavy atom. The van der Waals surface area contributed by atoms with Crippen molar-refractivity contribution in [1.82, 2.24) is 75.6 Å². The topological polar surface area (TPSA) is 359 Å². The summed E-state index contributed by atoms with van der Waals surface area (Å²) in [6.07, 6.45) is 32.2. The molecule has 6 aromatic heterocycles. The number of carbonyl (C=O) groups is 6. The average Bonchev–Trinajstić information content (AvgIpc) is 2.63. The molecule has 2 amide bonds. The lowest BCUT2D eigenvalue weighted by Gasteiger charge is -2.21. The first-order valence-electron chi connectivity index (χ1n) is 33.2. The molecule has 29 heteroatoms. The molecule has 28 nitrogen and oxygen atoms in total. The Kier molecular flexibility index (Phi) is 36.1. The molecule has 7 heterocycles. The Labute approximate surface area is 556 Å². The van der Waals surface area contributed by atoms with Crippen LogP contribution in [0.1, 0.15) is 244 Å². The second kappa shape index (κ2) is 44.4. The van der Waals surface area contributed by atoms with Gasteiger partial charge in [-0.05, 0) is 184 Å². The Bertz CT molecular complexity index is 2980. The van der Waals surface area contributed by atoms with Crippen molar-refractivity contribution >= 4 is 64.0 Å². The number of halogens is 1. The number of hydrogen-bond donors (Lipinski definition) is 3. The maximum Gasteiger partial charge on any atom is 0.413 e. The van der Waals surface area contributed by atoms with E-state index < -0.39 is 17.6 Å². The summed E-state index contributed by atoms with van der Waals surface area (Å²) in [6, 6.07) is 10.8. The third-order valence-corrected chi connectivity index (χ3v) is 15.7. The van der Waals surface area contributed by atoms with Gasteiger partial charge < -0.3 is 24.7 Å². The van der Waals surface area contributed by atoms with Gasteiger partial charge in [-0.15, -0.1) is 30.6 Å². The van der Waals surface area contributed by atoms with Gasteiger partial charge in [-0.25, -0.2) is 14.4 Å². The van der Waals surface area contributed by atoms with Crippen molar-refractivity contribution in [2.75, 3.05) is 29.6 Å². The summed E-state index contributed by atoms with van der Waals surface area (Å²) < 4.78 is 25.7. The van der Waals surface area contributed by atoms with Crippen LogP contribution in [-0.4, -0.2) is 142 Å². The number of unbranched alkanes of at least 4 members (excludes halogenated alkanes) is 3. The fourth-order valence-electron chi connectivity index (χ4n) is 10.3. The first-order chi connectivity index (χ1) is 45.2. The van der Waals surface area contributed by atoms with Gasteiger partial charge in [-0.1, -0.05) is 63.1 Å². The number of aromatic nitrogens is 15. The van der Waals surface area contributed by atoms with E-state index in [1.54, 1.807) is 50.8 Å². The van der Waals surface area contributed by atoms with Gasteiger partial charge >= 0.3 is 17.6 Å². The number of rotatable bonds is 26. The molecule has 0 radical (unpaired) electrons. The van der Waals surface area contributed by atoms with Crippen molar-refractivity contribution in [2.45, 2.75) is 252 Å². The number of nitrogen functional groups attached to an aromatic ring is 1. The van der Waals surface area contributed by atoms with Crippen LogP contribution in [0.4, 0.5) is 31.8 Å². The largest absolute Gasteiger partial charge is 0.450 e. The van der Waals surface area contributed by atoms with E-state index in [0.717, 1.165) is 172 Å². The third-order valence-electron chi connectivity index (χ3n) is 15.6. The fourth-order valence-corrected chi connectivity index (χ4v) is 10.4. The van der Waals surface area contributed by atoms with Crippen molar-refractivity contribution in [3.8, 4) is 0 Å². The van der Waals surface area contributed by atoms with Crippen LogP contribution in [0.2, 0.25) is 0 Å². The van der Waals surface area contributed by atoms with Gasteiger partial charge in [0.2, 0.25) is 0 Å². The van der Waals surface area contributed by atoms with Gasteiger partial charge in [-0.2, -0.15) is 15.3 Å². The van der Waals surface area contributed by atoms with Crippen LogP contribution in [0.3, 0.4) is 0 Å². The van der Waals surface area contributed by atoms with E-state index >= 15 is 0 Å². The molecule has 0 spiro atoms. The number of carbonyl (C=O) groups excluding carboxylic acids is 6. The maximum atomic E-state index is 11.9. The van der Waals surface area contributed by atoms with E-state index in [-0.39, 0.29) is 43.1 Å². The molecule has 94 heavy (non-hydrogen) atoms. The van der Waals surface area contributed by atoms with Crippen molar-refractivity contribution in [3.63, 3.8) is 0 Å². The quantitative estimate of drug-likeness (QED) is 0.0196. The number of hydrogen-bond acceptors (Lipinski definition) is 23. The normalized spacial score (nSPS) is 14.7. The highest BCUT2D eigenvalue weighted by molar-refractivity contribution is 6.61. The minimum absolute atomic E-state index is 0. The van der Waals surface area contributed by atoms with Crippen molar-refractivity contribution in [3.05, 3.63) is 89.2 Å². The molecule has 1 saturated heterocycles. The molecule has 0 unspecified atom stereocenters. The van der Waals surface area contributed by atoms with E-state index in [1.165, 1.54) is 32.1 Å². The number of nitrogens with zero attached hydrogens (tertiary/aromatic N) is 15. The smallest absolute Gasteiger partial charge is 0.413 e. The number of anilines is 3. The minimum Gasteiger partial charge on any atom is -0.450 e. The van der Waals surface area contributed by atoms with Crippen LogP contribution >= 0.6 is 11.6 Å². The lowest BCUT2D eigenvalue weighted by atomic mass is 9.98. The van der Waals surface area contributed by atoms with Crippen LogP contribution in [0.5, 0.6) is 0 Å². The van der Waals surface area contributed by atoms with E-state index in [0.29, 0.717) is 66.9 Å². The van der Waals surface area contributed by atoms with E-state index in [9.17, 15) is 28.8 Å². The molecule has 4 fully saturated rings. The SMILES string of the molecule is C.C1CCOC1.CCC(=O)c1cn(CCCCc2ccc(N)nn2)nn1.CCC(=O)c1cn(CCCCc2ccc(NC(=O)OC3CCCCC3)nn2)nn1.CCC(=O)c1cn(CCCCc2ccc(NC(=O)OC3CCCCC3)nn2)nn1.O=C(Cl)OC1CCCCC1. The molecule has 10 rings (SSSR count). The molecule has 0 bridgehead atoms. The fraction of sp³-hybridized carbons (Fsp3) is 0.631. The Balaban J connectivity index is 0.000000231. The Morgan fingerprint density at radius 1 is 0.457 bits per heavy atom. The zero-order valence-corrected chi connectivity index (χ0v) is 55.0. The number of aryl methyl sites for hydroxylation is 6. The van der Waals surface area contributed by atoms with Crippen molar-refractivity contribution < 1.29 is 47.7 Å². The maximum absolute atomic E-state index is 11.9. The Morgan fingerprint density at radius 3 is 1.09 bits per heavy atom. The molecule has 0 aromatic carbocycles. The van der Waals surface area contributed by atoms with Crippen LogP contribution in [0.25, 0.3) is 0 Å². The monoisotopic (exact) mass is 1320 g/mol. The lowest BCUT2D eigenvalue weighted by Crippen LogP contribution is -2.24. The standard InChI is InChI=1S/2C20H28N6O3.C13H18N6O.C7H11ClO2.C4H8O.CH4/c2*1-2-18(27)17-14-26(25-23-17)13-7-6-8-15-11-12-19(24-22-15)21-20(28)29-16-9-4-3-5-10-16;1-2-12(20)11-9-19(18-16-11)8-4-3-5-10-6-7-13(14)17-15-10;8-7(9)10-6-4-2-1-3-5-6;1-2-4-5-3-1;/h2*11-12,14,16H,2-10,13H2,1H3,(H,21,24,28);6-7,9H,2-5,8H2,1H3,(H2,14,17);6H,1-5H2;1-4H2;1H4. The second-order valence-electron chi connectivity index (χ2n) is 23.1. The van der Waals surface area contributed by atoms with Gasteiger partial charge in [0.15, 0.2) is 29.0 Å². The molecule has 3 aliphatic carbocycles. The average molecular weight is 1330 g/mol. The molecular weight excluding hydrogens is 1230 g/mol. The van der Waals surface area contributed by atoms with Crippen LogP contribution in [-0.2, 0) is 57.8 Å². The summed E-state index contributed by atoms with van der Waals surface area (Å²) in [5.74, 6) is 1.25. The first-order valence-corrected chi connectivity index (χ1v) is 33.6. The predicted octanol–water partition coefficient (Wildman–Crippen LogP) is 12.5. The zero-order chi connectivity index (χ0) is 66.3. The van der Waals surface area contributed by atoms with Gasteiger partial charge in [0, 0.05) is 63.7 Å². The van der Waals surface area contributed by atoms with Crippen molar-refractivity contribution in [1.29, 1.82) is 0 Å². The van der Waals surface area contributed by atoms with E-state index in [2.05, 4.69) is 72.2 Å². The molecule has 6 aromatic rings. The molecule has 3 saturated carbocycles. The molecule has 0 atom stereocenters. The van der Waals surface area contributed by atoms with Gasteiger partial charge in [0.25, 0.3) is 0 Å².